The van der Waals surface area contributed by atoms with Crippen LogP contribution in [0.1, 0.15) is 17.3 Å². The van der Waals surface area contributed by atoms with Crippen LogP contribution < -0.4 is 15.8 Å². The van der Waals surface area contributed by atoms with Crippen LogP contribution in [0.2, 0.25) is 0 Å². The molecule has 1 atom stereocenters. The number of hydrogen-bond donors (Lipinski definition) is 2. The summed E-state index contributed by atoms with van der Waals surface area (Å²) in [6.07, 6.45) is -1.47. The minimum absolute atomic E-state index is 0.0303. The van der Waals surface area contributed by atoms with E-state index in [1.54, 1.807) is 0 Å². The Labute approximate surface area is 139 Å². The Bertz CT molecular complexity index is 799. The van der Waals surface area contributed by atoms with E-state index < -0.39 is 46.9 Å². The molecule has 2 amide bonds. The molecule has 2 aromatic carbocycles. The first-order valence-corrected chi connectivity index (χ1v) is 6.91. The van der Waals surface area contributed by atoms with Gasteiger partial charge in [0.1, 0.15) is 0 Å². The van der Waals surface area contributed by atoms with E-state index in [0.29, 0.717) is 0 Å². The molecular weight excluding hydrogens is 344 g/mol. The summed E-state index contributed by atoms with van der Waals surface area (Å²) in [7, 11) is 0. The number of carbonyl (C=O) groups excluding carboxylic acids is 2. The Hall–Kier alpha value is -3.10. The second kappa shape index (κ2) is 7.20. The standard InChI is InChI=1S/C16H12F4N2O3/c1-7(25-14-12(19)10(17)6-11(18)13(14)20)16(24)22-9-4-2-8(3-5-9)15(21)23/h2-7H,1H3,(H2,21,23)(H,22,24). The lowest BCUT2D eigenvalue weighted by Crippen LogP contribution is -2.31. The monoisotopic (exact) mass is 356 g/mol. The molecule has 0 spiro atoms. The Morgan fingerprint density at radius 3 is 2.04 bits per heavy atom. The lowest BCUT2D eigenvalue weighted by atomic mass is 10.2. The number of amides is 2. The van der Waals surface area contributed by atoms with Crippen LogP contribution in [-0.4, -0.2) is 17.9 Å². The van der Waals surface area contributed by atoms with Gasteiger partial charge >= 0.3 is 0 Å². The van der Waals surface area contributed by atoms with Crippen LogP contribution in [0.3, 0.4) is 0 Å². The molecule has 0 saturated heterocycles. The van der Waals surface area contributed by atoms with E-state index in [0.717, 1.165) is 6.92 Å². The average molecular weight is 356 g/mol. The predicted octanol–water partition coefficient (Wildman–Crippen LogP) is 2.75. The summed E-state index contributed by atoms with van der Waals surface area (Å²) in [6.45, 7) is 1.13. The molecule has 0 saturated carbocycles. The minimum Gasteiger partial charge on any atom is -0.475 e. The van der Waals surface area contributed by atoms with Gasteiger partial charge in [0.05, 0.1) is 0 Å². The summed E-state index contributed by atoms with van der Waals surface area (Å²) in [5.74, 6) is -9.62. The van der Waals surface area contributed by atoms with E-state index in [9.17, 15) is 27.2 Å². The van der Waals surface area contributed by atoms with Crippen LogP contribution in [0.25, 0.3) is 0 Å². The second-order valence-electron chi connectivity index (χ2n) is 4.99. The maximum atomic E-state index is 13.5. The zero-order chi connectivity index (χ0) is 18.7. The van der Waals surface area contributed by atoms with Gasteiger partial charge in [0.25, 0.3) is 5.91 Å². The number of primary amides is 1. The predicted molar refractivity (Wildman–Crippen MR) is 80.0 cm³/mol. The number of nitrogens with one attached hydrogen (secondary N) is 1. The molecule has 0 aliphatic carbocycles. The molecule has 0 heterocycles. The molecule has 132 valence electrons. The van der Waals surface area contributed by atoms with Crippen molar-refractivity contribution < 1.29 is 31.9 Å². The van der Waals surface area contributed by atoms with Gasteiger partial charge in [0, 0.05) is 17.3 Å². The van der Waals surface area contributed by atoms with Gasteiger partial charge in [-0.2, -0.15) is 8.78 Å². The summed E-state index contributed by atoms with van der Waals surface area (Å²) in [6, 6.07) is 5.47. The molecule has 0 radical (unpaired) electrons. The normalized spacial score (nSPS) is 11.7. The van der Waals surface area contributed by atoms with Gasteiger partial charge in [-0.05, 0) is 31.2 Å². The second-order valence-corrected chi connectivity index (χ2v) is 4.99. The van der Waals surface area contributed by atoms with E-state index >= 15 is 0 Å². The van der Waals surface area contributed by atoms with Crippen molar-refractivity contribution in [2.45, 2.75) is 13.0 Å². The maximum absolute atomic E-state index is 13.5. The van der Waals surface area contributed by atoms with Crippen LogP contribution in [0.15, 0.2) is 30.3 Å². The molecule has 25 heavy (non-hydrogen) atoms. The highest BCUT2D eigenvalue weighted by Crippen LogP contribution is 2.27. The number of ether oxygens (including phenoxy) is 1. The van der Waals surface area contributed by atoms with Crippen molar-refractivity contribution in [3.05, 3.63) is 59.2 Å². The van der Waals surface area contributed by atoms with Crippen LogP contribution in [0.4, 0.5) is 23.2 Å². The van der Waals surface area contributed by atoms with Gasteiger partial charge in [0.2, 0.25) is 17.5 Å². The van der Waals surface area contributed by atoms with Gasteiger partial charge in [-0.3, -0.25) is 9.59 Å². The largest absolute Gasteiger partial charge is 0.475 e. The summed E-state index contributed by atoms with van der Waals surface area (Å²) >= 11 is 0. The molecular formula is C16H12F4N2O3. The van der Waals surface area contributed by atoms with Gasteiger partial charge in [-0.15, -0.1) is 0 Å². The highest BCUT2D eigenvalue weighted by Gasteiger charge is 2.25. The highest BCUT2D eigenvalue weighted by molar-refractivity contribution is 5.96. The smallest absolute Gasteiger partial charge is 0.265 e. The molecule has 0 fully saturated rings. The first kappa shape index (κ1) is 18.2. The molecule has 0 aromatic heterocycles. The van der Waals surface area contributed by atoms with E-state index in [1.807, 2.05) is 0 Å². The van der Waals surface area contributed by atoms with Crippen molar-refractivity contribution >= 4 is 17.5 Å². The zero-order valence-electron chi connectivity index (χ0n) is 12.8. The average Bonchev–Trinajstić information content (AvgIpc) is 2.57. The molecule has 9 heteroatoms. The van der Waals surface area contributed by atoms with Crippen molar-refractivity contribution in [3.63, 3.8) is 0 Å². The third-order valence-electron chi connectivity index (χ3n) is 3.17. The first-order chi connectivity index (χ1) is 11.7. The minimum atomic E-state index is -1.75. The van der Waals surface area contributed by atoms with Crippen LogP contribution >= 0.6 is 0 Å². The van der Waals surface area contributed by atoms with Crippen LogP contribution in [-0.2, 0) is 4.79 Å². The zero-order valence-corrected chi connectivity index (χ0v) is 12.8. The maximum Gasteiger partial charge on any atom is 0.265 e. The molecule has 2 rings (SSSR count). The van der Waals surface area contributed by atoms with Crippen molar-refractivity contribution in [1.82, 2.24) is 0 Å². The number of anilines is 1. The topological polar surface area (TPSA) is 81.4 Å². The Balaban J connectivity index is 2.12. The van der Waals surface area contributed by atoms with E-state index in [4.69, 9.17) is 10.5 Å². The van der Waals surface area contributed by atoms with Crippen molar-refractivity contribution in [2.24, 2.45) is 5.73 Å². The molecule has 0 bridgehead atoms. The number of hydrogen-bond acceptors (Lipinski definition) is 3. The highest BCUT2D eigenvalue weighted by atomic mass is 19.2. The summed E-state index contributed by atoms with van der Waals surface area (Å²) in [5.41, 5.74) is 5.53. The van der Waals surface area contributed by atoms with E-state index in [1.165, 1.54) is 24.3 Å². The number of rotatable bonds is 5. The molecule has 3 N–H and O–H groups in total. The fourth-order valence-electron chi connectivity index (χ4n) is 1.85. The quantitative estimate of drug-likeness (QED) is 0.638. The lowest BCUT2D eigenvalue weighted by Gasteiger charge is -2.16. The van der Waals surface area contributed by atoms with Gasteiger partial charge in [-0.1, -0.05) is 0 Å². The SMILES string of the molecule is CC(Oc1c(F)c(F)cc(F)c1F)C(=O)Nc1ccc(C(N)=O)cc1. The fraction of sp³-hybridized carbons (Fsp3) is 0.125. The number of carbonyl (C=O) groups is 2. The number of halogens is 4. The van der Waals surface area contributed by atoms with Crippen molar-refractivity contribution in [2.75, 3.05) is 5.32 Å². The summed E-state index contributed by atoms with van der Waals surface area (Å²) in [4.78, 5) is 22.9. The van der Waals surface area contributed by atoms with E-state index in [2.05, 4.69) is 5.32 Å². The van der Waals surface area contributed by atoms with Gasteiger partial charge in [0.15, 0.2) is 23.5 Å². The number of benzene rings is 2. The third-order valence-corrected chi connectivity index (χ3v) is 3.17. The van der Waals surface area contributed by atoms with Crippen molar-refractivity contribution in [1.29, 1.82) is 0 Å². The third kappa shape index (κ3) is 4.06. The van der Waals surface area contributed by atoms with Crippen LogP contribution in [0, 0.1) is 23.3 Å². The lowest BCUT2D eigenvalue weighted by molar-refractivity contribution is -0.122. The Morgan fingerprint density at radius 1 is 1.04 bits per heavy atom. The molecule has 1 unspecified atom stereocenters. The Morgan fingerprint density at radius 2 is 1.56 bits per heavy atom. The molecule has 0 aliphatic rings. The first-order valence-electron chi connectivity index (χ1n) is 6.91. The van der Waals surface area contributed by atoms with E-state index in [-0.39, 0.29) is 17.3 Å². The van der Waals surface area contributed by atoms with Gasteiger partial charge in [-0.25, -0.2) is 8.78 Å². The molecule has 2 aromatic rings. The van der Waals surface area contributed by atoms with Crippen molar-refractivity contribution in [3.8, 4) is 5.75 Å². The van der Waals surface area contributed by atoms with Crippen LogP contribution in [0.5, 0.6) is 5.75 Å². The molecule has 5 nitrogen and oxygen atoms in total. The van der Waals surface area contributed by atoms with Gasteiger partial charge < -0.3 is 15.8 Å². The summed E-state index contributed by atoms with van der Waals surface area (Å²) < 4.78 is 58.0. The summed E-state index contributed by atoms with van der Waals surface area (Å²) in [5, 5.41) is 2.35. The molecule has 0 aliphatic heterocycles. The number of nitrogens with two attached hydrogens (primary N) is 1. The Kier molecular flexibility index (Phi) is 5.26. The fourth-order valence-corrected chi connectivity index (χ4v) is 1.85.